The van der Waals surface area contributed by atoms with Crippen LogP contribution in [0.4, 0.5) is 0 Å². The van der Waals surface area contributed by atoms with E-state index < -0.39 is 30.4 Å². The Balaban J connectivity index is -0.00000220. The molecule has 0 aromatic rings. The molecule has 0 spiro atoms. The monoisotopic (exact) mass is 395 g/mol. The molecule has 0 aromatic carbocycles. The van der Waals surface area contributed by atoms with Crippen LogP contribution in [0.1, 0.15) is 77.6 Å². The Labute approximate surface area is 230 Å². The number of carboxylic acid groups (broad SMARTS) is 1. The molecule has 24 heavy (non-hydrogen) atoms. The SMILES string of the molecule is CCCCCCCCCCCC(=O)OC(=O)C(N)CC(=O)O.[KH].[KH]. The molecule has 0 aromatic heterocycles. The van der Waals surface area contributed by atoms with Crippen molar-refractivity contribution in [1.82, 2.24) is 0 Å². The number of aliphatic carboxylic acids is 1. The van der Waals surface area contributed by atoms with Gasteiger partial charge in [0.2, 0.25) is 0 Å². The van der Waals surface area contributed by atoms with Crippen LogP contribution in [0.3, 0.4) is 0 Å². The van der Waals surface area contributed by atoms with E-state index in [1.54, 1.807) is 0 Å². The molecule has 0 bridgehead atoms. The summed E-state index contributed by atoms with van der Waals surface area (Å²) in [6.45, 7) is 2.19. The van der Waals surface area contributed by atoms with E-state index in [2.05, 4.69) is 11.7 Å². The van der Waals surface area contributed by atoms with E-state index in [-0.39, 0.29) is 109 Å². The van der Waals surface area contributed by atoms with Gasteiger partial charge in [-0.25, -0.2) is 4.79 Å². The van der Waals surface area contributed by atoms with Gasteiger partial charge in [0, 0.05) is 6.42 Å². The van der Waals surface area contributed by atoms with Crippen molar-refractivity contribution in [3.8, 4) is 0 Å². The number of carbonyl (C=O) groups is 3. The van der Waals surface area contributed by atoms with Crippen LogP contribution in [0.5, 0.6) is 0 Å². The second-order valence-electron chi connectivity index (χ2n) is 5.58. The molecule has 6 nitrogen and oxygen atoms in total. The van der Waals surface area contributed by atoms with Crippen molar-refractivity contribution >= 4 is 121 Å². The summed E-state index contributed by atoms with van der Waals surface area (Å²) in [5.74, 6) is -2.80. The number of hydrogen-bond donors (Lipinski definition) is 2. The zero-order chi connectivity index (χ0) is 16.8. The van der Waals surface area contributed by atoms with Crippen molar-refractivity contribution in [2.24, 2.45) is 5.73 Å². The summed E-state index contributed by atoms with van der Waals surface area (Å²) in [6, 6.07) is -1.29. The maximum atomic E-state index is 11.4. The molecule has 0 aliphatic carbocycles. The van der Waals surface area contributed by atoms with Gasteiger partial charge in [0.1, 0.15) is 6.04 Å². The van der Waals surface area contributed by atoms with E-state index in [9.17, 15) is 14.4 Å². The van der Waals surface area contributed by atoms with Crippen LogP contribution in [0.15, 0.2) is 0 Å². The second-order valence-corrected chi connectivity index (χ2v) is 5.58. The van der Waals surface area contributed by atoms with Crippen molar-refractivity contribution < 1.29 is 24.2 Å². The Kier molecular flexibility index (Phi) is 26.9. The zero-order valence-corrected chi connectivity index (χ0v) is 13.5. The van der Waals surface area contributed by atoms with Crippen LogP contribution in [0.25, 0.3) is 0 Å². The number of nitrogens with two attached hydrogens (primary N) is 1. The Hall–Kier alpha value is 1.84. The Morgan fingerprint density at radius 2 is 1.38 bits per heavy atom. The quantitative estimate of drug-likeness (QED) is 0.212. The summed E-state index contributed by atoms with van der Waals surface area (Å²) in [4.78, 5) is 33.1. The third-order valence-electron chi connectivity index (χ3n) is 3.40. The van der Waals surface area contributed by atoms with Gasteiger partial charge in [-0.05, 0) is 6.42 Å². The van der Waals surface area contributed by atoms with Gasteiger partial charge >= 0.3 is 121 Å². The van der Waals surface area contributed by atoms with Crippen LogP contribution in [0, 0.1) is 0 Å². The fourth-order valence-corrected chi connectivity index (χ4v) is 2.09. The minimum absolute atomic E-state index is 0. The molecular formula is C16H31K2NO5. The van der Waals surface area contributed by atoms with Crippen LogP contribution in [-0.2, 0) is 19.1 Å². The number of esters is 2. The van der Waals surface area contributed by atoms with Crippen molar-refractivity contribution in [3.05, 3.63) is 0 Å². The van der Waals surface area contributed by atoms with E-state index in [0.717, 1.165) is 12.8 Å². The molecule has 1 unspecified atom stereocenters. The first kappa shape index (κ1) is 30.6. The molecule has 0 radical (unpaired) electrons. The molecule has 8 heteroatoms. The van der Waals surface area contributed by atoms with E-state index >= 15 is 0 Å². The summed E-state index contributed by atoms with van der Waals surface area (Å²) in [7, 11) is 0. The predicted octanol–water partition coefficient (Wildman–Crippen LogP) is 1.48. The van der Waals surface area contributed by atoms with E-state index in [4.69, 9.17) is 10.8 Å². The molecule has 0 aliphatic heterocycles. The average molecular weight is 396 g/mol. The molecule has 0 aliphatic rings. The normalized spacial score (nSPS) is 10.9. The van der Waals surface area contributed by atoms with Crippen molar-refractivity contribution in [3.63, 3.8) is 0 Å². The van der Waals surface area contributed by atoms with Crippen molar-refractivity contribution in [1.29, 1.82) is 0 Å². The molecule has 0 fully saturated rings. The topological polar surface area (TPSA) is 107 Å². The van der Waals surface area contributed by atoms with E-state index in [0.29, 0.717) is 6.42 Å². The van der Waals surface area contributed by atoms with E-state index in [1.807, 2.05) is 0 Å². The molecular weight excluding hydrogens is 364 g/mol. The van der Waals surface area contributed by atoms with Gasteiger partial charge in [0.25, 0.3) is 0 Å². The maximum absolute atomic E-state index is 11.4. The van der Waals surface area contributed by atoms with Gasteiger partial charge in [-0.3, -0.25) is 9.59 Å². The predicted molar refractivity (Wildman–Crippen MR) is 97.5 cm³/mol. The van der Waals surface area contributed by atoms with Crippen LogP contribution in [-0.4, -0.2) is 132 Å². The van der Waals surface area contributed by atoms with Gasteiger partial charge in [-0.15, -0.1) is 0 Å². The number of hydrogen-bond acceptors (Lipinski definition) is 5. The Morgan fingerprint density at radius 3 is 1.83 bits per heavy atom. The molecule has 0 rings (SSSR count). The van der Waals surface area contributed by atoms with Gasteiger partial charge in [-0.1, -0.05) is 58.3 Å². The van der Waals surface area contributed by atoms with Crippen LogP contribution in [0.2, 0.25) is 0 Å². The summed E-state index contributed by atoms with van der Waals surface area (Å²) < 4.78 is 4.52. The van der Waals surface area contributed by atoms with Gasteiger partial charge < -0.3 is 15.6 Å². The number of carboxylic acids is 1. The number of carbonyl (C=O) groups excluding carboxylic acids is 2. The summed E-state index contributed by atoms with van der Waals surface area (Å²) in [5.41, 5.74) is 5.30. The Morgan fingerprint density at radius 1 is 0.917 bits per heavy atom. The average Bonchev–Trinajstić information content (AvgIpc) is 2.44. The summed E-state index contributed by atoms with van der Waals surface area (Å²) in [6.07, 6.45) is 9.81. The second kappa shape index (κ2) is 21.1. The van der Waals surface area contributed by atoms with E-state index in [1.165, 1.54) is 38.5 Å². The fraction of sp³-hybridized carbons (Fsp3) is 0.812. The first-order valence-electron chi connectivity index (χ1n) is 8.19. The molecule has 3 N–H and O–H groups in total. The van der Waals surface area contributed by atoms with Crippen LogP contribution >= 0.6 is 0 Å². The number of rotatable bonds is 13. The molecule has 0 saturated heterocycles. The first-order chi connectivity index (χ1) is 10.5. The molecule has 0 amide bonds. The standard InChI is InChI=1S/C16H29NO5.2K.2H/c1-2-3-4-5-6-7-8-9-10-11-15(20)22-16(21)13(17)12-14(18)19;;;;/h13H,2-12,17H2,1H3,(H,18,19);;;;. The van der Waals surface area contributed by atoms with Crippen molar-refractivity contribution in [2.75, 3.05) is 0 Å². The number of unbranched alkanes of at least 4 members (excludes halogenated alkanes) is 8. The molecule has 0 saturated carbocycles. The Bertz CT molecular complexity index is 353. The summed E-state index contributed by atoms with van der Waals surface area (Å²) in [5, 5.41) is 8.49. The fourth-order valence-electron chi connectivity index (χ4n) is 2.09. The third kappa shape index (κ3) is 20.2. The minimum atomic E-state index is -1.29. The number of ether oxygens (including phenoxy) is 1. The van der Waals surface area contributed by atoms with Gasteiger partial charge in [0.05, 0.1) is 6.42 Å². The molecule has 132 valence electrons. The summed E-state index contributed by atoms with van der Waals surface area (Å²) >= 11 is 0. The van der Waals surface area contributed by atoms with Crippen LogP contribution < -0.4 is 5.73 Å². The van der Waals surface area contributed by atoms with Gasteiger partial charge in [0.15, 0.2) is 0 Å². The zero-order valence-electron chi connectivity index (χ0n) is 13.5. The molecule has 1 atom stereocenters. The first-order valence-corrected chi connectivity index (χ1v) is 8.19. The van der Waals surface area contributed by atoms with Gasteiger partial charge in [-0.2, -0.15) is 0 Å². The third-order valence-corrected chi connectivity index (χ3v) is 3.40. The van der Waals surface area contributed by atoms with Crippen molar-refractivity contribution in [2.45, 2.75) is 83.6 Å². The molecule has 0 heterocycles.